The third-order valence-electron chi connectivity index (χ3n) is 4.64. The first-order valence-electron chi connectivity index (χ1n) is 7.95. The second-order valence-electron chi connectivity index (χ2n) is 6.16. The van der Waals surface area contributed by atoms with Gasteiger partial charge in [-0.1, -0.05) is 13.3 Å². The van der Waals surface area contributed by atoms with Gasteiger partial charge >= 0.3 is 0 Å². The maximum atomic E-state index is 3.67. The highest BCUT2D eigenvalue weighted by Gasteiger charge is 2.24. The number of rotatable bonds is 5. The number of nitrogens with zero attached hydrogens (tertiary/aromatic N) is 2. The van der Waals surface area contributed by atoms with Crippen LogP contribution in [-0.4, -0.2) is 61.7 Å². The minimum Gasteiger partial charge on any atom is -0.313 e. The van der Waals surface area contributed by atoms with E-state index in [2.05, 4.69) is 29.1 Å². The van der Waals surface area contributed by atoms with Gasteiger partial charge in [0.05, 0.1) is 0 Å². The van der Waals surface area contributed by atoms with Crippen molar-refractivity contribution >= 4 is 0 Å². The summed E-state index contributed by atoms with van der Waals surface area (Å²) in [4.78, 5) is 5.25. The fourth-order valence-electron chi connectivity index (χ4n) is 3.48. The Morgan fingerprint density at radius 3 is 2.56 bits per heavy atom. The Morgan fingerprint density at radius 1 is 1.17 bits per heavy atom. The Labute approximate surface area is 113 Å². The van der Waals surface area contributed by atoms with Gasteiger partial charge in [-0.25, -0.2) is 0 Å². The molecule has 0 spiro atoms. The van der Waals surface area contributed by atoms with Crippen LogP contribution in [0.15, 0.2) is 0 Å². The molecule has 0 radical (unpaired) electrons. The maximum Gasteiger partial charge on any atom is 0.0195 e. The molecule has 18 heavy (non-hydrogen) atoms. The first kappa shape index (κ1) is 14.3. The highest BCUT2D eigenvalue weighted by atomic mass is 15.2. The van der Waals surface area contributed by atoms with Crippen LogP contribution >= 0.6 is 0 Å². The molecule has 0 saturated carbocycles. The van der Waals surface area contributed by atoms with E-state index in [9.17, 15) is 0 Å². The average molecular weight is 253 g/mol. The van der Waals surface area contributed by atoms with Crippen LogP contribution < -0.4 is 5.32 Å². The lowest BCUT2D eigenvalue weighted by Crippen LogP contribution is -2.49. The zero-order chi connectivity index (χ0) is 12.8. The van der Waals surface area contributed by atoms with Crippen molar-refractivity contribution in [2.75, 3.05) is 39.8 Å². The van der Waals surface area contributed by atoms with Gasteiger partial charge in [-0.3, -0.25) is 0 Å². The van der Waals surface area contributed by atoms with Crippen LogP contribution in [0.2, 0.25) is 0 Å². The van der Waals surface area contributed by atoms with Crippen molar-refractivity contribution in [3.05, 3.63) is 0 Å². The largest absolute Gasteiger partial charge is 0.313 e. The van der Waals surface area contributed by atoms with Gasteiger partial charge in [-0.2, -0.15) is 0 Å². The molecule has 2 heterocycles. The minimum atomic E-state index is 0.748. The van der Waals surface area contributed by atoms with Crippen LogP contribution in [0.1, 0.15) is 45.4 Å². The fourth-order valence-corrected chi connectivity index (χ4v) is 3.48. The molecule has 0 aromatic carbocycles. The van der Waals surface area contributed by atoms with Gasteiger partial charge in [-0.15, -0.1) is 0 Å². The smallest absolute Gasteiger partial charge is 0.0195 e. The fraction of sp³-hybridized carbons (Fsp3) is 1.00. The summed E-state index contributed by atoms with van der Waals surface area (Å²) < 4.78 is 0. The molecule has 0 bridgehead atoms. The molecule has 0 aromatic heterocycles. The molecule has 2 aliphatic rings. The molecule has 1 atom stereocenters. The van der Waals surface area contributed by atoms with E-state index in [0.717, 1.165) is 12.1 Å². The van der Waals surface area contributed by atoms with Gasteiger partial charge < -0.3 is 15.1 Å². The molecular formula is C15H31N3. The van der Waals surface area contributed by atoms with Crippen molar-refractivity contribution < 1.29 is 0 Å². The molecular weight excluding hydrogens is 222 g/mol. The molecule has 2 fully saturated rings. The Kier molecular flexibility index (Phi) is 5.93. The summed E-state index contributed by atoms with van der Waals surface area (Å²) in [6, 6.07) is 1.57. The minimum absolute atomic E-state index is 0.748. The zero-order valence-electron chi connectivity index (χ0n) is 12.3. The van der Waals surface area contributed by atoms with Crippen LogP contribution in [-0.2, 0) is 0 Å². The normalized spacial score (nSPS) is 27.8. The van der Waals surface area contributed by atoms with Gasteiger partial charge in [-0.05, 0) is 65.3 Å². The predicted octanol–water partition coefficient (Wildman–Crippen LogP) is 1.93. The van der Waals surface area contributed by atoms with Gasteiger partial charge in [0.15, 0.2) is 0 Å². The second kappa shape index (κ2) is 7.46. The number of nitrogens with one attached hydrogen (secondary N) is 1. The molecule has 3 heteroatoms. The van der Waals surface area contributed by atoms with Crippen molar-refractivity contribution in [1.29, 1.82) is 0 Å². The third-order valence-corrected chi connectivity index (χ3v) is 4.64. The van der Waals surface area contributed by atoms with Crippen LogP contribution in [0.4, 0.5) is 0 Å². The van der Waals surface area contributed by atoms with E-state index in [0.29, 0.717) is 0 Å². The van der Waals surface area contributed by atoms with Gasteiger partial charge in [0, 0.05) is 18.6 Å². The second-order valence-corrected chi connectivity index (χ2v) is 6.16. The first-order chi connectivity index (χ1) is 8.79. The van der Waals surface area contributed by atoms with E-state index in [1.54, 1.807) is 0 Å². The quantitative estimate of drug-likeness (QED) is 0.808. The SMILES string of the molecule is CCCN1CCC(N(C)CC2CCCCN2)CC1. The summed E-state index contributed by atoms with van der Waals surface area (Å²) in [6.07, 6.45) is 8.19. The van der Waals surface area contributed by atoms with Gasteiger partial charge in [0.2, 0.25) is 0 Å². The Morgan fingerprint density at radius 2 is 1.94 bits per heavy atom. The van der Waals surface area contributed by atoms with Crippen LogP contribution in [0.5, 0.6) is 0 Å². The molecule has 2 rings (SSSR count). The lowest BCUT2D eigenvalue weighted by Gasteiger charge is -2.38. The molecule has 0 aromatic rings. The third kappa shape index (κ3) is 4.22. The number of likely N-dealkylation sites (N-methyl/N-ethyl adjacent to an activating group) is 1. The van der Waals surface area contributed by atoms with E-state index in [1.807, 2.05) is 0 Å². The van der Waals surface area contributed by atoms with E-state index < -0.39 is 0 Å². The highest BCUT2D eigenvalue weighted by Crippen LogP contribution is 2.17. The van der Waals surface area contributed by atoms with E-state index in [-0.39, 0.29) is 0 Å². The van der Waals surface area contributed by atoms with Crippen molar-refractivity contribution in [1.82, 2.24) is 15.1 Å². The number of hydrogen-bond acceptors (Lipinski definition) is 3. The van der Waals surface area contributed by atoms with Crippen LogP contribution in [0.3, 0.4) is 0 Å². The monoisotopic (exact) mass is 253 g/mol. The van der Waals surface area contributed by atoms with Crippen molar-refractivity contribution in [3.8, 4) is 0 Å². The Balaban J connectivity index is 1.68. The summed E-state index contributed by atoms with van der Waals surface area (Å²) in [5.41, 5.74) is 0. The summed E-state index contributed by atoms with van der Waals surface area (Å²) in [5.74, 6) is 0. The lowest BCUT2D eigenvalue weighted by molar-refractivity contribution is 0.116. The number of hydrogen-bond donors (Lipinski definition) is 1. The summed E-state index contributed by atoms with van der Waals surface area (Å²) in [6.45, 7) is 8.67. The number of likely N-dealkylation sites (tertiary alicyclic amines) is 1. The Hall–Kier alpha value is -0.120. The van der Waals surface area contributed by atoms with Crippen LogP contribution in [0, 0.1) is 0 Å². The van der Waals surface area contributed by atoms with Crippen molar-refractivity contribution in [2.45, 2.75) is 57.5 Å². The van der Waals surface area contributed by atoms with E-state index in [4.69, 9.17) is 0 Å². The molecule has 0 amide bonds. The summed E-state index contributed by atoms with van der Waals surface area (Å²) in [5, 5.41) is 3.67. The summed E-state index contributed by atoms with van der Waals surface area (Å²) >= 11 is 0. The van der Waals surface area contributed by atoms with Gasteiger partial charge in [0.1, 0.15) is 0 Å². The standard InChI is InChI=1S/C15H31N3/c1-3-10-18-11-7-15(8-12-18)17(2)13-14-6-4-5-9-16-14/h14-16H,3-13H2,1-2H3. The topological polar surface area (TPSA) is 18.5 Å². The maximum absolute atomic E-state index is 3.67. The molecule has 106 valence electrons. The molecule has 1 N–H and O–H groups in total. The molecule has 0 aliphatic carbocycles. The molecule has 2 aliphatic heterocycles. The number of piperidine rings is 2. The molecule has 2 saturated heterocycles. The van der Waals surface area contributed by atoms with E-state index in [1.165, 1.54) is 71.2 Å². The van der Waals surface area contributed by atoms with Crippen LogP contribution in [0.25, 0.3) is 0 Å². The average Bonchev–Trinajstić information content (AvgIpc) is 2.41. The highest BCUT2D eigenvalue weighted by molar-refractivity contribution is 4.82. The van der Waals surface area contributed by atoms with Crippen molar-refractivity contribution in [3.63, 3.8) is 0 Å². The Bertz CT molecular complexity index is 218. The first-order valence-corrected chi connectivity index (χ1v) is 7.95. The zero-order valence-corrected chi connectivity index (χ0v) is 12.3. The summed E-state index contributed by atoms with van der Waals surface area (Å²) in [7, 11) is 2.33. The van der Waals surface area contributed by atoms with Gasteiger partial charge in [0.25, 0.3) is 0 Å². The van der Waals surface area contributed by atoms with E-state index >= 15 is 0 Å². The van der Waals surface area contributed by atoms with Crippen molar-refractivity contribution in [2.24, 2.45) is 0 Å². The molecule has 3 nitrogen and oxygen atoms in total. The lowest BCUT2D eigenvalue weighted by atomic mass is 10.0. The predicted molar refractivity (Wildman–Crippen MR) is 78.0 cm³/mol. The molecule has 1 unspecified atom stereocenters.